The zero-order valence-electron chi connectivity index (χ0n) is 17.0. The maximum absolute atomic E-state index is 13.1. The molecule has 0 aromatic heterocycles. The van der Waals surface area contributed by atoms with E-state index in [-0.39, 0.29) is 17.9 Å². The van der Waals surface area contributed by atoms with E-state index in [2.05, 4.69) is 0 Å². The predicted octanol–water partition coefficient (Wildman–Crippen LogP) is 6.28. The van der Waals surface area contributed by atoms with Gasteiger partial charge in [-0.25, -0.2) is 0 Å². The van der Waals surface area contributed by atoms with Gasteiger partial charge in [0.25, 0.3) is 11.8 Å². The molecule has 0 aromatic rings. The Labute approximate surface area is 173 Å². The summed E-state index contributed by atoms with van der Waals surface area (Å²) in [5, 5.41) is 0.994. The van der Waals surface area contributed by atoms with E-state index in [1.165, 1.54) is 88.4 Å². The van der Waals surface area contributed by atoms with E-state index in [4.69, 9.17) is 0 Å². The van der Waals surface area contributed by atoms with Crippen LogP contribution < -0.4 is 0 Å². The van der Waals surface area contributed by atoms with E-state index in [1.807, 2.05) is 13.8 Å². The van der Waals surface area contributed by atoms with E-state index < -0.39 is 0 Å². The van der Waals surface area contributed by atoms with Gasteiger partial charge in [0.05, 0.1) is 9.81 Å². The van der Waals surface area contributed by atoms with Crippen molar-refractivity contribution >= 4 is 35.3 Å². The molecule has 0 radical (unpaired) electrons. The first kappa shape index (κ1) is 21.3. The van der Waals surface area contributed by atoms with Gasteiger partial charge in [-0.1, -0.05) is 57.8 Å². The largest absolute Gasteiger partial charge is 0.271 e. The third-order valence-electron chi connectivity index (χ3n) is 5.97. The number of thioether (sulfide) groups is 2. The highest BCUT2D eigenvalue weighted by Gasteiger charge is 2.42. The molecule has 1 aliphatic heterocycles. The minimum atomic E-state index is -0.0647. The predicted molar refractivity (Wildman–Crippen MR) is 117 cm³/mol. The minimum absolute atomic E-state index is 0.0295. The summed E-state index contributed by atoms with van der Waals surface area (Å²) in [6.45, 7) is 3.90. The highest BCUT2D eigenvalue weighted by molar-refractivity contribution is 8.08. The van der Waals surface area contributed by atoms with Crippen molar-refractivity contribution in [3.63, 3.8) is 0 Å². The van der Waals surface area contributed by atoms with Crippen LogP contribution in [0.1, 0.15) is 97.3 Å². The first-order chi connectivity index (χ1) is 13.1. The molecule has 3 aliphatic rings. The molecule has 2 aliphatic carbocycles. The van der Waals surface area contributed by atoms with Crippen LogP contribution in [0.15, 0.2) is 9.81 Å². The average Bonchev–Trinajstić information content (AvgIpc) is 2.78. The van der Waals surface area contributed by atoms with Gasteiger partial charge in [0.15, 0.2) is 0 Å². The molecule has 2 fully saturated rings. The van der Waals surface area contributed by atoms with Crippen molar-refractivity contribution in [1.29, 1.82) is 0 Å². The molecule has 1 heterocycles. The van der Waals surface area contributed by atoms with Crippen molar-refractivity contribution in [1.82, 2.24) is 4.90 Å². The maximum atomic E-state index is 13.1. The lowest BCUT2D eigenvalue weighted by atomic mass is 10.0. The summed E-state index contributed by atoms with van der Waals surface area (Å²) < 4.78 is 0. The van der Waals surface area contributed by atoms with Gasteiger partial charge >= 0.3 is 0 Å². The molecule has 0 saturated heterocycles. The summed E-state index contributed by atoms with van der Waals surface area (Å²) in [5.74, 6) is -0.0595. The summed E-state index contributed by atoms with van der Waals surface area (Å²) in [6.07, 6.45) is 16.3. The van der Waals surface area contributed by atoms with Crippen molar-refractivity contribution in [3.8, 4) is 0 Å². The zero-order chi connectivity index (χ0) is 19.2. The summed E-state index contributed by atoms with van der Waals surface area (Å²) in [5.41, 5.74) is 0. The van der Waals surface area contributed by atoms with E-state index in [0.717, 1.165) is 9.81 Å². The first-order valence-corrected chi connectivity index (χ1v) is 12.8. The van der Waals surface area contributed by atoms with Gasteiger partial charge in [-0.2, -0.15) is 0 Å². The molecule has 0 N–H and O–H groups in total. The molecule has 5 heteroatoms. The molecule has 2 amide bonds. The van der Waals surface area contributed by atoms with E-state index >= 15 is 0 Å². The lowest BCUT2D eigenvalue weighted by Gasteiger charge is -2.21. The van der Waals surface area contributed by atoms with Gasteiger partial charge in [-0.15, -0.1) is 23.5 Å². The molecule has 3 nitrogen and oxygen atoms in total. The van der Waals surface area contributed by atoms with Gasteiger partial charge in [0.2, 0.25) is 0 Å². The van der Waals surface area contributed by atoms with Crippen LogP contribution in [0.3, 0.4) is 0 Å². The Balaban J connectivity index is 1.79. The van der Waals surface area contributed by atoms with E-state index in [9.17, 15) is 9.59 Å². The molecule has 0 bridgehead atoms. The quantitative estimate of drug-likeness (QED) is 0.396. The normalized spacial score (nSPS) is 24.5. The molecule has 0 atom stereocenters. The summed E-state index contributed by atoms with van der Waals surface area (Å²) in [6, 6.07) is -0.0647. The molecular formula is C22H35NO2S2. The van der Waals surface area contributed by atoms with Gasteiger partial charge in [0, 0.05) is 16.5 Å². The van der Waals surface area contributed by atoms with Crippen molar-refractivity contribution in [3.05, 3.63) is 9.81 Å². The fourth-order valence-corrected chi connectivity index (χ4v) is 7.29. The summed E-state index contributed by atoms with van der Waals surface area (Å²) in [4.78, 5) is 29.3. The third-order valence-corrected chi connectivity index (χ3v) is 8.94. The second kappa shape index (κ2) is 10.4. The summed E-state index contributed by atoms with van der Waals surface area (Å²) in [7, 11) is 0. The number of hydrogen-bond acceptors (Lipinski definition) is 4. The van der Waals surface area contributed by atoms with Crippen LogP contribution in [0.25, 0.3) is 0 Å². The first-order valence-electron chi connectivity index (χ1n) is 11.0. The van der Waals surface area contributed by atoms with Crippen LogP contribution in [-0.4, -0.2) is 33.3 Å². The number of hydrogen-bond donors (Lipinski definition) is 0. The number of amides is 2. The second-order valence-electron chi connectivity index (χ2n) is 8.55. The van der Waals surface area contributed by atoms with E-state index in [0.29, 0.717) is 10.5 Å². The number of carbonyl (C=O) groups is 2. The Kier molecular flexibility index (Phi) is 8.19. The molecule has 152 valence electrons. The molecule has 3 rings (SSSR count). The Morgan fingerprint density at radius 2 is 1.00 bits per heavy atom. The van der Waals surface area contributed by atoms with Crippen LogP contribution in [0.2, 0.25) is 0 Å². The average molecular weight is 410 g/mol. The van der Waals surface area contributed by atoms with Crippen molar-refractivity contribution in [2.45, 2.75) is 114 Å². The maximum Gasteiger partial charge on any atom is 0.268 e. The SMILES string of the molecule is CC(C)N1C(=O)C(SC2CCCCCCC2)=C(SC2CCCCCC2)C1=O. The van der Waals surface area contributed by atoms with Gasteiger partial charge in [-0.05, 0) is 39.5 Å². The lowest BCUT2D eigenvalue weighted by Crippen LogP contribution is -2.37. The topological polar surface area (TPSA) is 37.4 Å². The number of imide groups is 1. The highest BCUT2D eigenvalue weighted by Crippen LogP contribution is 2.44. The van der Waals surface area contributed by atoms with Crippen molar-refractivity contribution in [2.75, 3.05) is 0 Å². The zero-order valence-corrected chi connectivity index (χ0v) is 18.6. The monoisotopic (exact) mass is 409 g/mol. The standard InChI is InChI=1S/C22H35NO2S2/c1-16(2)23-21(24)19(26-17-12-8-4-3-5-9-13-17)20(22(23)25)27-18-14-10-6-7-11-15-18/h16-18H,3-15H2,1-2H3. The molecule has 2 saturated carbocycles. The van der Waals surface area contributed by atoms with Crippen LogP contribution in [0.5, 0.6) is 0 Å². The number of carbonyl (C=O) groups excluding carboxylic acids is 2. The fraction of sp³-hybridized carbons (Fsp3) is 0.818. The Hall–Kier alpha value is -0.420. The van der Waals surface area contributed by atoms with E-state index in [1.54, 1.807) is 23.5 Å². The minimum Gasteiger partial charge on any atom is -0.271 e. The van der Waals surface area contributed by atoms with Crippen LogP contribution in [-0.2, 0) is 9.59 Å². The van der Waals surface area contributed by atoms with Crippen molar-refractivity contribution < 1.29 is 9.59 Å². The van der Waals surface area contributed by atoms with Crippen molar-refractivity contribution in [2.24, 2.45) is 0 Å². The highest BCUT2D eigenvalue weighted by atomic mass is 32.2. The number of nitrogens with zero attached hydrogens (tertiary/aromatic N) is 1. The smallest absolute Gasteiger partial charge is 0.268 e. The second-order valence-corrected chi connectivity index (χ2v) is 11.2. The van der Waals surface area contributed by atoms with Crippen LogP contribution in [0.4, 0.5) is 0 Å². The Morgan fingerprint density at radius 3 is 1.33 bits per heavy atom. The molecule has 0 aromatic carbocycles. The molecule has 0 spiro atoms. The summed E-state index contributed by atoms with van der Waals surface area (Å²) >= 11 is 3.46. The van der Waals surface area contributed by atoms with Gasteiger partial charge in [0.1, 0.15) is 0 Å². The Morgan fingerprint density at radius 1 is 0.667 bits per heavy atom. The Bertz CT molecular complexity index is 557. The van der Waals surface area contributed by atoms with Gasteiger partial charge in [-0.3, -0.25) is 14.5 Å². The van der Waals surface area contributed by atoms with Crippen LogP contribution >= 0.6 is 23.5 Å². The van der Waals surface area contributed by atoms with Gasteiger partial charge < -0.3 is 0 Å². The third kappa shape index (κ3) is 5.56. The van der Waals surface area contributed by atoms with Crippen LogP contribution in [0, 0.1) is 0 Å². The lowest BCUT2D eigenvalue weighted by molar-refractivity contribution is -0.138. The molecule has 27 heavy (non-hydrogen) atoms. The molecule has 0 unspecified atom stereocenters. The fourth-order valence-electron chi connectivity index (χ4n) is 4.41. The molecular weight excluding hydrogens is 374 g/mol. The number of rotatable bonds is 5.